The Kier molecular flexibility index (Phi) is 7.41. The van der Waals surface area contributed by atoms with Gasteiger partial charge in [-0.15, -0.1) is 0 Å². The van der Waals surface area contributed by atoms with Crippen molar-refractivity contribution in [1.29, 1.82) is 0 Å². The minimum Gasteiger partial charge on any atom is -0.496 e. The van der Waals surface area contributed by atoms with Gasteiger partial charge in [-0.25, -0.2) is 0 Å². The molecule has 35 heavy (non-hydrogen) atoms. The van der Waals surface area contributed by atoms with Gasteiger partial charge in [-0.05, 0) is 74.4 Å². The Morgan fingerprint density at radius 2 is 1.57 bits per heavy atom. The number of amides is 1. The molecule has 0 saturated carbocycles. The first-order chi connectivity index (χ1) is 17.0. The van der Waals surface area contributed by atoms with Crippen LogP contribution in [0.25, 0.3) is 27.7 Å². The van der Waals surface area contributed by atoms with Crippen LogP contribution in [0.1, 0.15) is 26.3 Å². The van der Waals surface area contributed by atoms with Crippen LogP contribution in [0, 0.1) is 0 Å². The van der Waals surface area contributed by atoms with E-state index in [1.807, 2.05) is 81.4 Å². The van der Waals surface area contributed by atoms with Crippen molar-refractivity contribution in [2.24, 2.45) is 0 Å². The third-order valence-electron chi connectivity index (χ3n) is 5.58. The Labute approximate surface area is 205 Å². The van der Waals surface area contributed by atoms with E-state index >= 15 is 0 Å². The zero-order chi connectivity index (χ0) is 24.8. The van der Waals surface area contributed by atoms with Crippen molar-refractivity contribution in [2.75, 3.05) is 25.6 Å². The minimum atomic E-state index is -0.229. The normalized spacial score (nSPS) is 11.4. The molecule has 0 atom stereocenters. The molecule has 0 aliphatic rings. The van der Waals surface area contributed by atoms with E-state index in [0.717, 1.165) is 39.1 Å². The summed E-state index contributed by atoms with van der Waals surface area (Å²) in [7, 11) is 1.61. The van der Waals surface area contributed by atoms with Crippen molar-refractivity contribution in [3.63, 3.8) is 0 Å². The molecule has 4 rings (SSSR count). The maximum absolute atomic E-state index is 12.7. The SMILES string of the molecule is CCOc1ccc(NC(=O)/C=C(\C)c2cc3c(-c4ccc(OCC)cc4)coc3cc2OC)cc1. The van der Waals surface area contributed by atoms with Crippen LogP contribution in [0.5, 0.6) is 17.2 Å². The van der Waals surface area contributed by atoms with Crippen LogP contribution in [-0.4, -0.2) is 26.2 Å². The van der Waals surface area contributed by atoms with E-state index in [0.29, 0.717) is 30.2 Å². The number of fused-ring (bicyclic) bond motifs is 1. The summed E-state index contributed by atoms with van der Waals surface area (Å²) in [5.41, 5.74) is 4.96. The first-order valence-electron chi connectivity index (χ1n) is 11.6. The van der Waals surface area contributed by atoms with Crippen molar-refractivity contribution in [1.82, 2.24) is 0 Å². The second-order valence-electron chi connectivity index (χ2n) is 7.93. The molecule has 180 valence electrons. The van der Waals surface area contributed by atoms with Gasteiger partial charge in [0.1, 0.15) is 22.8 Å². The van der Waals surface area contributed by atoms with Gasteiger partial charge < -0.3 is 23.9 Å². The molecule has 0 bridgehead atoms. The summed E-state index contributed by atoms with van der Waals surface area (Å²) < 4.78 is 22.4. The van der Waals surface area contributed by atoms with Crippen LogP contribution in [-0.2, 0) is 4.79 Å². The topological polar surface area (TPSA) is 69.9 Å². The fraction of sp³-hybridized carbons (Fsp3) is 0.207. The number of ether oxygens (including phenoxy) is 3. The Hall–Kier alpha value is -4.19. The Morgan fingerprint density at radius 3 is 2.17 bits per heavy atom. The summed E-state index contributed by atoms with van der Waals surface area (Å²) in [6, 6.07) is 19.0. The summed E-state index contributed by atoms with van der Waals surface area (Å²) in [6.45, 7) is 6.99. The van der Waals surface area contributed by atoms with Gasteiger partial charge >= 0.3 is 0 Å². The van der Waals surface area contributed by atoms with Gasteiger partial charge in [-0.3, -0.25) is 4.79 Å². The zero-order valence-corrected chi connectivity index (χ0v) is 20.4. The van der Waals surface area contributed by atoms with Gasteiger partial charge in [0.05, 0.1) is 26.6 Å². The second-order valence-corrected chi connectivity index (χ2v) is 7.93. The van der Waals surface area contributed by atoms with E-state index in [1.165, 1.54) is 0 Å². The fourth-order valence-corrected chi connectivity index (χ4v) is 3.91. The number of benzene rings is 3. The van der Waals surface area contributed by atoms with Gasteiger partial charge in [0.15, 0.2) is 0 Å². The van der Waals surface area contributed by atoms with Gasteiger partial charge in [-0.2, -0.15) is 0 Å². The Morgan fingerprint density at radius 1 is 0.943 bits per heavy atom. The number of hydrogen-bond acceptors (Lipinski definition) is 5. The molecule has 1 N–H and O–H groups in total. The number of furan rings is 1. The van der Waals surface area contributed by atoms with Gasteiger partial charge in [0.25, 0.3) is 0 Å². The summed E-state index contributed by atoms with van der Waals surface area (Å²) in [6.07, 6.45) is 3.30. The van der Waals surface area contributed by atoms with E-state index in [9.17, 15) is 4.79 Å². The highest BCUT2D eigenvalue weighted by molar-refractivity contribution is 6.05. The molecule has 1 aromatic heterocycles. The Bertz CT molecular complexity index is 1330. The van der Waals surface area contributed by atoms with Crippen molar-refractivity contribution >= 4 is 28.1 Å². The molecule has 0 unspecified atom stereocenters. The number of nitrogens with one attached hydrogen (secondary N) is 1. The second kappa shape index (κ2) is 10.8. The van der Waals surface area contributed by atoms with E-state index in [-0.39, 0.29) is 5.91 Å². The molecule has 6 heteroatoms. The van der Waals surface area contributed by atoms with Gasteiger partial charge in [-0.1, -0.05) is 12.1 Å². The summed E-state index contributed by atoms with van der Waals surface area (Å²) in [4.78, 5) is 12.7. The van der Waals surface area contributed by atoms with Gasteiger partial charge in [0, 0.05) is 34.3 Å². The maximum atomic E-state index is 12.7. The van der Waals surface area contributed by atoms with Crippen LogP contribution < -0.4 is 19.5 Å². The van der Waals surface area contributed by atoms with Crippen molar-refractivity contribution in [3.05, 3.63) is 78.6 Å². The number of methoxy groups -OCH3 is 1. The highest BCUT2D eigenvalue weighted by Gasteiger charge is 2.15. The molecule has 6 nitrogen and oxygen atoms in total. The molecule has 0 aliphatic heterocycles. The standard InChI is InChI=1S/C29H29NO5/c1-5-33-22-11-7-20(8-12-22)26-18-35-28-17-27(32-4)24(16-25(26)28)19(3)15-29(31)30-21-9-13-23(14-10-21)34-6-2/h7-18H,5-6H2,1-4H3,(H,30,31)/b19-15+. The average Bonchev–Trinajstić information content (AvgIpc) is 3.28. The number of carbonyl (C=O) groups is 1. The predicted molar refractivity (Wildman–Crippen MR) is 139 cm³/mol. The number of carbonyl (C=O) groups excluding carboxylic acids is 1. The smallest absolute Gasteiger partial charge is 0.248 e. The molecule has 1 heterocycles. The monoisotopic (exact) mass is 471 g/mol. The number of anilines is 1. The lowest BCUT2D eigenvalue weighted by Crippen LogP contribution is -2.08. The highest BCUT2D eigenvalue weighted by Crippen LogP contribution is 2.37. The molecule has 0 radical (unpaired) electrons. The quantitative estimate of drug-likeness (QED) is 0.268. The molecule has 3 aromatic carbocycles. The maximum Gasteiger partial charge on any atom is 0.248 e. The summed E-state index contributed by atoms with van der Waals surface area (Å²) >= 11 is 0. The number of rotatable bonds is 9. The first-order valence-corrected chi connectivity index (χ1v) is 11.6. The van der Waals surface area contributed by atoms with Crippen LogP contribution in [0.2, 0.25) is 0 Å². The zero-order valence-electron chi connectivity index (χ0n) is 20.4. The molecule has 0 spiro atoms. The van der Waals surface area contributed by atoms with E-state index < -0.39 is 0 Å². The largest absolute Gasteiger partial charge is 0.496 e. The third-order valence-corrected chi connectivity index (χ3v) is 5.58. The van der Waals surface area contributed by atoms with Crippen molar-refractivity contribution < 1.29 is 23.4 Å². The van der Waals surface area contributed by atoms with Gasteiger partial charge in [0.2, 0.25) is 5.91 Å². The summed E-state index contributed by atoms with van der Waals surface area (Å²) in [5.74, 6) is 1.99. The third kappa shape index (κ3) is 5.49. The van der Waals surface area contributed by atoms with Crippen LogP contribution in [0.15, 0.2) is 77.4 Å². The lowest BCUT2D eigenvalue weighted by atomic mass is 9.99. The van der Waals surface area contributed by atoms with Crippen molar-refractivity contribution in [2.45, 2.75) is 20.8 Å². The number of allylic oxidation sites excluding steroid dienone is 1. The average molecular weight is 472 g/mol. The lowest BCUT2D eigenvalue weighted by molar-refractivity contribution is -0.111. The van der Waals surface area contributed by atoms with Crippen molar-refractivity contribution in [3.8, 4) is 28.4 Å². The van der Waals surface area contributed by atoms with E-state index in [1.54, 1.807) is 19.4 Å². The number of hydrogen-bond donors (Lipinski definition) is 1. The first kappa shape index (κ1) is 24.0. The molecule has 0 saturated heterocycles. The lowest BCUT2D eigenvalue weighted by Gasteiger charge is -2.11. The predicted octanol–water partition coefficient (Wildman–Crippen LogP) is 6.95. The van der Waals surface area contributed by atoms with E-state index in [2.05, 4.69) is 5.32 Å². The molecule has 4 aromatic rings. The molecular weight excluding hydrogens is 442 g/mol. The minimum absolute atomic E-state index is 0.229. The fourth-order valence-electron chi connectivity index (χ4n) is 3.91. The Balaban J connectivity index is 1.62. The van der Waals surface area contributed by atoms with Crippen LogP contribution in [0.3, 0.4) is 0 Å². The van der Waals surface area contributed by atoms with Crippen LogP contribution in [0.4, 0.5) is 5.69 Å². The molecule has 0 fully saturated rings. The van der Waals surface area contributed by atoms with Crippen LogP contribution >= 0.6 is 0 Å². The highest BCUT2D eigenvalue weighted by atomic mass is 16.5. The summed E-state index contributed by atoms with van der Waals surface area (Å²) in [5, 5.41) is 3.83. The molecule has 1 amide bonds. The molecule has 0 aliphatic carbocycles. The molecular formula is C29H29NO5. The van der Waals surface area contributed by atoms with E-state index in [4.69, 9.17) is 18.6 Å².